The van der Waals surface area contributed by atoms with Crippen LogP contribution >= 0.6 is 11.3 Å². The summed E-state index contributed by atoms with van der Waals surface area (Å²) in [6, 6.07) is 8.63. The second kappa shape index (κ2) is 7.02. The van der Waals surface area contributed by atoms with Crippen LogP contribution in [0.4, 0.5) is 5.13 Å². The lowest BCUT2D eigenvalue weighted by atomic mass is 10.0. The Bertz CT molecular complexity index is 550. The van der Waals surface area contributed by atoms with Crippen molar-refractivity contribution in [1.82, 2.24) is 10.3 Å². The van der Waals surface area contributed by atoms with Crippen molar-refractivity contribution in [2.24, 2.45) is 0 Å². The zero-order chi connectivity index (χ0) is 14.5. The van der Waals surface area contributed by atoms with Crippen LogP contribution in [0.2, 0.25) is 0 Å². The van der Waals surface area contributed by atoms with Crippen LogP contribution in [0.3, 0.4) is 0 Å². The molecule has 112 valence electrons. The lowest BCUT2D eigenvalue weighted by Gasteiger charge is -2.32. The van der Waals surface area contributed by atoms with Crippen molar-refractivity contribution in [3.8, 4) is 0 Å². The van der Waals surface area contributed by atoms with Crippen molar-refractivity contribution in [2.45, 2.75) is 32.0 Å². The van der Waals surface area contributed by atoms with E-state index in [2.05, 4.69) is 21.3 Å². The zero-order valence-electron chi connectivity index (χ0n) is 12.0. The molecule has 5 heteroatoms. The first-order valence-electron chi connectivity index (χ1n) is 7.42. The van der Waals surface area contributed by atoms with Crippen molar-refractivity contribution in [1.29, 1.82) is 0 Å². The monoisotopic (exact) mass is 303 g/mol. The molecule has 1 aliphatic heterocycles. The van der Waals surface area contributed by atoms with Gasteiger partial charge < -0.3 is 15.3 Å². The number of nitrogens with one attached hydrogen (secondary N) is 1. The predicted molar refractivity (Wildman–Crippen MR) is 86.6 cm³/mol. The highest BCUT2D eigenvalue weighted by Crippen LogP contribution is 2.22. The van der Waals surface area contributed by atoms with Gasteiger partial charge in [-0.05, 0) is 24.0 Å². The van der Waals surface area contributed by atoms with Crippen LogP contribution in [0.25, 0.3) is 0 Å². The van der Waals surface area contributed by atoms with Crippen molar-refractivity contribution in [3.05, 3.63) is 47.0 Å². The Labute approximate surface area is 129 Å². The molecule has 0 bridgehead atoms. The Balaban J connectivity index is 1.49. The second-order valence-corrected chi connectivity index (χ2v) is 6.26. The van der Waals surface area contributed by atoms with E-state index in [1.165, 1.54) is 5.56 Å². The number of anilines is 1. The van der Waals surface area contributed by atoms with Gasteiger partial charge in [-0.25, -0.2) is 4.98 Å². The van der Waals surface area contributed by atoms with Gasteiger partial charge in [-0.15, -0.1) is 11.3 Å². The molecule has 1 aliphatic rings. The Morgan fingerprint density at radius 2 is 2.00 bits per heavy atom. The van der Waals surface area contributed by atoms with E-state index in [9.17, 15) is 5.11 Å². The Kier molecular flexibility index (Phi) is 4.85. The number of hydrogen-bond acceptors (Lipinski definition) is 5. The molecule has 0 atom stereocenters. The summed E-state index contributed by atoms with van der Waals surface area (Å²) < 4.78 is 0. The molecule has 1 aromatic heterocycles. The van der Waals surface area contributed by atoms with Crippen molar-refractivity contribution in [2.75, 3.05) is 18.0 Å². The van der Waals surface area contributed by atoms with E-state index >= 15 is 0 Å². The molecular formula is C16H21N3OS. The van der Waals surface area contributed by atoms with Gasteiger partial charge in [0.25, 0.3) is 0 Å². The number of aromatic nitrogens is 1. The lowest BCUT2D eigenvalue weighted by molar-refractivity contribution is 0.280. The van der Waals surface area contributed by atoms with Gasteiger partial charge in [0.15, 0.2) is 5.13 Å². The second-order valence-electron chi connectivity index (χ2n) is 5.38. The third-order valence-corrected chi connectivity index (χ3v) is 4.89. The Hall–Kier alpha value is -1.43. The molecule has 21 heavy (non-hydrogen) atoms. The molecule has 3 rings (SSSR count). The normalized spacial score (nSPS) is 16.3. The van der Waals surface area contributed by atoms with E-state index in [4.69, 9.17) is 0 Å². The summed E-state index contributed by atoms with van der Waals surface area (Å²) in [4.78, 5) is 6.74. The maximum atomic E-state index is 9.36. The Morgan fingerprint density at radius 1 is 1.24 bits per heavy atom. The molecule has 0 saturated carbocycles. The average Bonchev–Trinajstić information content (AvgIpc) is 3.08. The number of nitrogens with zero attached hydrogens (tertiary/aromatic N) is 2. The highest BCUT2D eigenvalue weighted by molar-refractivity contribution is 7.13. The van der Waals surface area contributed by atoms with E-state index in [0.717, 1.165) is 43.2 Å². The summed E-state index contributed by atoms with van der Waals surface area (Å²) in [6.45, 7) is 3.07. The van der Waals surface area contributed by atoms with E-state index in [-0.39, 0.29) is 6.61 Å². The van der Waals surface area contributed by atoms with Gasteiger partial charge in [0.1, 0.15) is 0 Å². The number of aliphatic hydroxyl groups excluding tert-OH is 1. The molecular weight excluding hydrogens is 282 g/mol. The van der Waals surface area contributed by atoms with Gasteiger partial charge in [-0.1, -0.05) is 24.3 Å². The summed E-state index contributed by atoms with van der Waals surface area (Å²) in [7, 11) is 0. The smallest absolute Gasteiger partial charge is 0.185 e. The molecule has 2 heterocycles. The molecule has 2 N–H and O–H groups in total. The first-order valence-corrected chi connectivity index (χ1v) is 8.30. The summed E-state index contributed by atoms with van der Waals surface area (Å²) >= 11 is 1.71. The van der Waals surface area contributed by atoms with Crippen LogP contribution < -0.4 is 10.2 Å². The van der Waals surface area contributed by atoms with E-state index in [1.807, 2.05) is 29.8 Å². The fourth-order valence-electron chi connectivity index (χ4n) is 2.79. The summed E-state index contributed by atoms with van der Waals surface area (Å²) in [5.74, 6) is 0. The van der Waals surface area contributed by atoms with Crippen LogP contribution in [0.1, 0.15) is 24.0 Å². The molecule has 0 spiro atoms. The van der Waals surface area contributed by atoms with Crippen LogP contribution in [0.15, 0.2) is 35.8 Å². The van der Waals surface area contributed by atoms with Gasteiger partial charge in [0.05, 0.1) is 6.61 Å². The number of hydrogen-bond donors (Lipinski definition) is 2. The van der Waals surface area contributed by atoms with Crippen LogP contribution in [0, 0.1) is 0 Å². The Morgan fingerprint density at radius 3 is 2.67 bits per heavy atom. The van der Waals surface area contributed by atoms with Crippen molar-refractivity contribution < 1.29 is 5.11 Å². The molecule has 1 fully saturated rings. The number of piperidine rings is 1. The third kappa shape index (κ3) is 3.61. The lowest BCUT2D eigenvalue weighted by Crippen LogP contribution is -2.42. The first kappa shape index (κ1) is 14.5. The van der Waals surface area contributed by atoms with Gasteiger partial charge in [0.2, 0.25) is 0 Å². The standard InChI is InChI=1S/C16H21N3OS/c20-12-14-4-2-1-3-13(14)11-18-15-5-8-19(9-6-15)16-17-7-10-21-16/h1-4,7,10,15,18,20H,5-6,8-9,11-12H2. The van der Waals surface area contributed by atoms with Crippen LogP contribution in [-0.4, -0.2) is 29.2 Å². The zero-order valence-corrected chi connectivity index (χ0v) is 12.9. The minimum absolute atomic E-state index is 0.111. The first-order chi connectivity index (χ1) is 10.4. The van der Waals surface area contributed by atoms with E-state index < -0.39 is 0 Å². The number of rotatable bonds is 5. The third-order valence-electron chi connectivity index (χ3n) is 4.05. The van der Waals surface area contributed by atoms with Crippen LogP contribution in [0.5, 0.6) is 0 Å². The highest BCUT2D eigenvalue weighted by atomic mass is 32.1. The minimum Gasteiger partial charge on any atom is -0.392 e. The van der Waals surface area contributed by atoms with Gasteiger partial charge >= 0.3 is 0 Å². The molecule has 0 radical (unpaired) electrons. The largest absolute Gasteiger partial charge is 0.392 e. The van der Waals surface area contributed by atoms with E-state index in [1.54, 1.807) is 11.3 Å². The number of benzene rings is 1. The van der Waals surface area contributed by atoms with Crippen LogP contribution in [-0.2, 0) is 13.2 Å². The molecule has 0 unspecified atom stereocenters. The maximum absolute atomic E-state index is 9.36. The summed E-state index contributed by atoms with van der Waals surface area (Å²) in [5, 5.41) is 16.2. The van der Waals surface area contributed by atoms with Crippen molar-refractivity contribution in [3.63, 3.8) is 0 Å². The van der Waals surface area contributed by atoms with Gasteiger partial charge in [-0.2, -0.15) is 0 Å². The quantitative estimate of drug-likeness (QED) is 0.890. The van der Waals surface area contributed by atoms with Gasteiger partial charge in [-0.3, -0.25) is 0 Å². The predicted octanol–water partition coefficient (Wildman–Crippen LogP) is 2.39. The van der Waals surface area contributed by atoms with Gasteiger partial charge in [0, 0.05) is 37.3 Å². The maximum Gasteiger partial charge on any atom is 0.185 e. The summed E-state index contributed by atoms with van der Waals surface area (Å²) in [6.07, 6.45) is 4.15. The molecule has 0 amide bonds. The number of thiazole rings is 1. The SMILES string of the molecule is OCc1ccccc1CNC1CCN(c2nccs2)CC1. The molecule has 1 aromatic carbocycles. The molecule has 0 aliphatic carbocycles. The topological polar surface area (TPSA) is 48.4 Å². The molecule has 4 nitrogen and oxygen atoms in total. The average molecular weight is 303 g/mol. The fraction of sp³-hybridized carbons (Fsp3) is 0.438. The minimum atomic E-state index is 0.111. The van der Waals surface area contributed by atoms with Crippen molar-refractivity contribution >= 4 is 16.5 Å². The number of aliphatic hydroxyl groups is 1. The molecule has 1 saturated heterocycles. The summed E-state index contributed by atoms with van der Waals surface area (Å²) in [5.41, 5.74) is 2.22. The fourth-order valence-corrected chi connectivity index (χ4v) is 3.48. The highest BCUT2D eigenvalue weighted by Gasteiger charge is 2.20. The molecule has 2 aromatic rings. The van der Waals surface area contributed by atoms with E-state index in [0.29, 0.717) is 6.04 Å².